The molecule has 1 heterocycles. The van der Waals surface area contributed by atoms with Crippen LogP contribution in [0.1, 0.15) is 45.4 Å². The Bertz CT molecular complexity index is 352. The maximum atomic E-state index is 11.5. The topological polar surface area (TPSA) is 68.0 Å². The van der Waals surface area contributed by atoms with Gasteiger partial charge in [0.2, 0.25) is 17.7 Å². The highest BCUT2D eigenvalue weighted by atomic mass is 16.4. The van der Waals surface area contributed by atoms with Crippen LogP contribution in [-0.2, 0) is 11.3 Å². The number of carbonyl (C=O) groups is 1. The van der Waals surface area contributed by atoms with Crippen molar-refractivity contribution in [2.24, 2.45) is 5.41 Å². The van der Waals surface area contributed by atoms with Crippen molar-refractivity contribution in [1.29, 1.82) is 0 Å². The fourth-order valence-electron chi connectivity index (χ4n) is 1.16. The third-order valence-electron chi connectivity index (χ3n) is 2.11. The average molecular weight is 225 g/mol. The summed E-state index contributed by atoms with van der Waals surface area (Å²) in [5.74, 6) is 0.978. The Morgan fingerprint density at radius 2 is 2.06 bits per heavy atom. The average Bonchev–Trinajstić information content (AvgIpc) is 2.57. The SMILES string of the molecule is Cc1nnc(CNC(=O)CCC(C)(C)C)o1. The molecule has 1 aromatic heterocycles. The van der Waals surface area contributed by atoms with Crippen LogP contribution in [0.4, 0.5) is 0 Å². The van der Waals surface area contributed by atoms with Gasteiger partial charge in [0.25, 0.3) is 0 Å². The fourth-order valence-corrected chi connectivity index (χ4v) is 1.16. The second-order valence-corrected chi connectivity index (χ2v) is 5.05. The molecule has 0 saturated heterocycles. The van der Waals surface area contributed by atoms with E-state index in [1.807, 2.05) is 0 Å². The summed E-state index contributed by atoms with van der Waals surface area (Å²) in [6, 6.07) is 0. The first-order valence-electron chi connectivity index (χ1n) is 5.42. The highest BCUT2D eigenvalue weighted by Gasteiger charge is 2.13. The molecule has 0 bridgehead atoms. The smallest absolute Gasteiger partial charge is 0.235 e. The largest absolute Gasteiger partial charge is 0.424 e. The van der Waals surface area contributed by atoms with Crippen LogP contribution in [-0.4, -0.2) is 16.1 Å². The number of amides is 1. The van der Waals surface area contributed by atoms with E-state index >= 15 is 0 Å². The quantitative estimate of drug-likeness (QED) is 0.848. The number of nitrogens with one attached hydrogen (secondary N) is 1. The Kier molecular flexibility index (Phi) is 4.04. The summed E-state index contributed by atoms with van der Waals surface area (Å²) in [4.78, 5) is 11.5. The van der Waals surface area contributed by atoms with Crippen molar-refractivity contribution in [3.8, 4) is 0 Å². The Labute approximate surface area is 95.6 Å². The van der Waals surface area contributed by atoms with E-state index in [4.69, 9.17) is 4.42 Å². The number of aryl methyl sites for hydroxylation is 1. The molecule has 0 aliphatic carbocycles. The van der Waals surface area contributed by atoms with Gasteiger partial charge in [-0.2, -0.15) is 0 Å². The summed E-state index contributed by atoms with van der Waals surface area (Å²) in [5.41, 5.74) is 0.179. The zero-order chi connectivity index (χ0) is 12.2. The van der Waals surface area contributed by atoms with Gasteiger partial charge in [-0.1, -0.05) is 20.8 Å². The first kappa shape index (κ1) is 12.7. The van der Waals surface area contributed by atoms with Crippen molar-refractivity contribution in [2.75, 3.05) is 0 Å². The van der Waals surface area contributed by atoms with Gasteiger partial charge in [0.1, 0.15) is 0 Å². The van der Waals surface area contributed by atoms with Crippen LogP contribution in [0.3, 0.4) is 0 Å². The molecule has 0 aliphatic rings. The van der Waals surface area contributed by atoms with Crippen LogP contribution in [0.5, 0.6) is 0 Å². The first-order valence-corrected chi connectivity index (χ1v) is 5.42. The van der Waals surface area contributed by atoms with E-state index in [0.29, 0.717) is 24.7 Å². The molecule has 90 valence electrons. The summed E-state index contributed by atoms with van der Waals surface area (Å²) >= 11 is 0. The second kappa shape index (κ2) is 5.09. The molecule has 0 fully saturated rings. The lowest BCUT2D eigenvalue weighted by Crippen LogP contribution is -2.24. The molecule has 1 N–H and O–H groups in total. The van der Waals surface area contributed by atoms with Crippen molar-refractivity contribution in [3.05, 3.63) is 11.8 Å². The molecular formula is C11H19N3O2. The van der Waals surface area contributed by atoms with Crippen molar-refractivity contribution < 1.29 is 9.21 Å². The van der Waals surface area contributed by atoms with Gasteiger partial charge in [-0.05, 0) is 11.8 Å². The molecule has 0 atom stereocenters. The number of aromatic nitrogens is 2. The summed E-state index contributed by atoms with van der Waals surface area (Å²) in [6.07, 6.45) is 1.39. The molecule has 0 aliphatic heterocycles. The minimum atomic E-state index is 0.0192. The lowest BCUT2D eigenvalue weighted by atomic mass is 9.90. The van der Waals surface area contributed by atoms with Gasteiger partial charge in [-0.25, -0.2) is 0 Å². The minimum absolute atomic E-state index is 0.0192. The predicted octanol–water partition coefficient (Wildman–Crippen LogP) is 1.82. The Hall–Kier alpha value is -1.39. The van der Waals surface area contributed by atoms with Crippen LogP contribution in [0.25, 0.3) is 0 Å². The van der Waals surface area contributed by atoms with Crippen molar-refractivity contribution in [1.82, 2.24) is 15.5 Å². The molecular weight excluding hydrogens is 206 g/mol. The summed E-state index contributed by atoms with van der Waals surface area (Å²) in [6.45, 7) is 8.37. The van der Waals surface area contributed by atoms with E-state index in [9.17, 15) is 4.79 Å². The van der Waals surface area contributed by atoms with E-state index < -0.39 is 0 Å². The van der Waals surface area contributed by atoms with Gasteiger partial charge in [0.05, 0.1) is 6.54 Å². The Morgan fingerprint density at radius 3 is 2.56 bits per heavy atom. The maximum Gasteiger partial charge on any atom is 0.235 e. The third kappa shape index (κ3) is 4.91. The molecule has 1 rings (SSSR count). The van der Waals surface area contributed by atoms with Crippen LogP contribution in [0, 0.1) is 12.3 Å². The molecule has 5 nitrogen and oxygen atoms in total. The first-order chi connectivity index (χ1) is 7.37. The molecule has 0 radical (unpaired) electrons. The van der Waals surface area contributed by atoms with E-state index in [-0.39, 0.29) is 11.3 Å². The third-order valence-corrected chi connectivity index (χ3v) is 2.11. The van der Waals surface area contributed by atoms with Crippen LogP contribution >= 0.6 is 0 Å². The van der Waals surface area contributed by atoms with Gasteiger partial charge >= 0.3 is 0 Å². The van der Waals surface area contributed by atoms with Gasteiger partial charge in [0, 0.05) is 13.3 Å². The van der Waals surface area contributed by atoms with E-state index in [2.05, 4.69) is 36.3 Å². The normalized spacial score (nSPS) is 11.5. The molecule has 0 unspecified atom stereocenters. The van der Waals surface area contributed by atoms with Crippen LogP contribution < -0.4 is 5.32 Å². The molecule has 0 saturated carbocycles. The second-order valence-electron chi connectivity index (χ2n) is 5.05. The van der Waals surface area contributed by atoms with Crippen molar-refractivity contribution in [3.63, 3.8) is 0 Å². The number of carbonyl (C=O) groups excluding carboxylic acids is 1. The molecule has 1 aromatic rings. The number of nitrogens with zero attached hydrogens (tertiary/aromatic N) is 2. The van der Waals surface area contributed by atoms with E-state index in [1.165, 1.54) is 0 Å². The van der Waals surface area contributed by atoms with Crippen molar-refractivity contribution >= 4 is 5.91 Å². The van der Waals surface area contributed by atoms with Crippen LogP contribution in [0.15, 0.2) is 4.42 Å². The lowest BCUT2D eigenvalue weighted by molar-refractivity contribution is -0.121. The summed E-state index contributed by atoms with van der Waals surface area (Å²) in [7, 11) is 0. The monoisotopic (exact) mass is 225 g/mol. The molecule has 5 heteroatoms. The zero-order valence-corrected chi connectivity index (χ0v) is 10.3. The standard InChI is InChI=1S/C11H19N3O2/c1-8-13-14-10(16-8)7-12-9(15)5-6-11(2,3)4/h5-7H2,1-4H3,(H,12,15). The van der Waals surface area contributed by atoms with E-state index in [1.54, 1.807) is 6.92 Å². The zero-order valence-electron chi connectivity index (χ0n) is 10.3. The number of rotatable bonds is 4. The summed E-state index contributed by atoms with van der Waals surface area (Å²) < 4.78 is 5.14. The molecule has 0 aromatic carbocycles. The summed E-state index contributed by atoms with van der Waals surface area (Å²) in [5, 5.41) is 10.2. The maximum absolute atomic E-state index is 11.5. The lowest BCUT2D eigenvalue weighted by Gasteiger charge is -2.16. The highest BCUT2D eigenvalue weighted by molar-refractivity contribution is 5.75. The van der Waals surface area contributed by atoms with E-state index in [0.717, 1.165) is 6.42 Å². The molecule has 16 heavy (non-hydrogen) atoms. The van der Waals surface area contributed by atoms with Gasteiger partial charge < -0.3 is 9.73 Å². The Balaban J connectivity index is 2.25. The van der Waals surface area contributed by atoms with Gasteiger partial charge in [-0.3, -0.25) is 4.79 Å². The number of hydrogen-bond donors (Lipinski definition) is 1. The molecule has 0 spiro atoms. The minimum Gasteiger partial charge on any atom is -0.424 e. The van der Waals surface area contributed by atoms with Gasteiger partial charge in [-0.15, -0.1) is 10.2 Å². The predicted molar refractivity (Wildman–Crippen MR) is 59.6 cm³/mol. The van der Waals surface area contributed by atoms with Gasteiger partial charge in [0.15, 0.2) is 0 Å². The molecule has 1 amide bonds. The fraction of sp³-hybridized carbons (Fsp3) is 0.727. The van der Waals surface area contributed by atoms with Crippen molar-refractivity contribution in [2.45, 2.75) is 47.1 Å². The number of hydrogen-bond acceptors (Lipinski definition) is 4. The van der Waals surface area contributed by atoms with Crippen LogP contribution in [0.2, 0.25) is 0 Å². The highest BCUT2D eigenvalue weighted by Crippen LogP contribution is 2.20. The Morgan fingerprint density at radius 1 is 1.38 bits per heavy atom.